The molecule has 3 amide bonds. The summed E-state index contributed by atoms with van der Waals surface area (Å²) in [6, 6.07) is -0.900. The molecule has 22 heavy (non-hydrogen) atoms. The number of hydrogen-bond donors (Lipinski definition) is 2. The van der Waals surface area contributed by atoms with Crippen LogP contribution in [0.2, 0.25) is 0 Å². The Hall–Kier alpha value is -1.35. The van der Waals surface area contributed by atoms with E-state index in [1.165, 1.54) is 0 Å². The number of amides is 3. The molecule has 1 fully saturated rings. The number of ether oxygens (including phenoxy) is 1. The zero-order valence-corrected chi connectivity index (χ0v) is 12.7. The monoisotopic (exact) mass is 325 g/mol. The van der Waals surface area contributed by atoms with Crippen LogP contribution in [0.4, 0.5) is 18.0 Å². The summed E-state index contributed by atoms with van der Waals surface area (Å²) in [5.74, 6) is -0.625. The first-order chi connectivity index (χ1) is 10.2. The lowest BCUT2D eigenvalue weighted by atomic mass is 10.1. The summed E-state index contributed by atoms with van der Waals surface area (Å²) in [6.45, 7) is 3.56. The molecular formula is C13H22F3N3O3. The zero-order chi connectivity index (χ0) is 16.8. The molecule has 0 aliphatic carbocycles. The molecule has 128 valence electrons. The van der Waals surface area contributed by atoms with Crippen LogP contribution in [0.15, 0.2) is 0 Å². The van der Waals surface area contributed by atoms with Gasteiger partial charge in [0.25, 0.3) is 0 Å². The minimum Gasteiger partial charge on any atom is -0.381 e. The van der Waals surface area contributed by atoms with E-state index >= 15 is 0 Å². The molecule has 0 saturated carbocycles. The van der Waals surface area contributed by atoms with E-state index in [-0.39, 0.29) is 18.6 Å². The van der Waals surface area contributed by atoms with Gasteiger partial charge in [-0.25, -0.2) is 4.79 Å². The molecule has 0 unspecified atom stereocenters. The predicted molar refractivity (Wildman–Crippen MR) is 73.3 cm³/mol. The van der Waals surface area contributed by atoms with Crippen LogP contribution in [0.1, 0.15) is 26.7 Å². The van der Waals surface area contributed by atoms with Gasteiger partial charge >= 0.3 is 12.2 Å². The van der Waals surface area contributed by atoms with Gasteiger partial charge in [0.2, 0.25) is 5.91 Å². The summed E-state index contributed by atoms with van der Waals surface area (Å²) in [5.41, 5.74) is 0. The van der Waals surface area contributed by atoms with Gasteiger partial charge in [0.05, 0.1) is 6.54 Å². The highest BCUT2D eigenvalue weighted by Crippen LogP contribution is 2.16. The number of rotatable bonds is 5. The maximum atomic E-state index is 12.0. The fourth-order valence-corrected chi connectivity index (χ4v) is 2.31. The Bertz CT molecular complexity index is 382. The summed E-state index contributed by atoms with van der Waals surface area (Å²) >= 11 is 0. The van der Waals surface area contributed by atoms with Crippen molar-refractivity contribution in [3.8, 4) is 0 Å². The Kier molecular flexibility index (Phi) is 7.08. The molecule has 0 radical (unpaired) electrons. The van der Waals surface area contributed by atoms with Crippen molar-refractivity contribution in [3.63, 3.8) is 0 Å². The first-order valence-electron chi connectivity index (χ1n) is 7.17. The van der Waals surface area contributed by atoms with Gasteiger partial charge < -0.3 is 10.1 Å². The fraction of sp³-hybridized carbons (Fsp3) is 0.846. The quantitative estimate of drug-likeness (QED) is 0.798. The second-order valence-corrected chi connectivity index (χ2v) is 5.46. The van der Waals surface area contributed by atoms with Crippen LogP contribution in [-0.2, 0) is 9.53 Å². The standard InChI is InChI=1S/C13H22F3N3O3/c1-9(2)19(10-3-5-22-6-4-10)7-11(20)18-12(21)17-8-13(14,15)16/h9-10H,3-8H2,1-2H3,(H2,17,18,20,21). The number of carbonyl (C=O) groups is 2. The van der Waals surface area contributed by atoms with Crippen LogP contribution in [0.5, 0.6) is 0 Å². The molecule has 0 aromatic heterocycles. The average Bonchev–Trinajstić information content (AvgIpc) is 2.42. The molecule has 1 rings (SSSR count). The first-order valence-corrected chi connectivity index (χ1v) is 7.17. The third-order valence-electron chi connectivity index (χ3n) is 3.35. The highest BCUT2D eigenvalue weighted by atomic mass is 19.4. The normalized spacial score (nSPS) is 16.9. The van der Waals surface area contributed by atoms with Crippen molar-refractivity contribution in [3.05, 3.63) is 0 Å². The Labute approximate surface area is 127 Å². The summed E-state index contributed by atoms with van der Waals surface area (Å²) in [4.78, 5) is 25.0. The molecule has 1 aliphatic rings. The number of hydrogen-bond acceptors (Lipinski definition) is 4. The predicted octanol–water partition coefficient (Wildman–Crippen LogP) is 1.26. The van der Waals surface area contributed by atoms with Gasteiger partial charge in [-0.05, 0) is 26.7 Å². The Morgan fingerprint density at radius 1 is 1.27 bits per heavy atom. The van der Waals surface area contributed by atoms with Crippen molar-refractivity contribution in [2.45, 2.75) is 44.9 Å². The van der Waals surface area contributed by atoms with Crippen LogP contribution >= 0.6 is 0 Å². The molecular weight excluding hydrogens is 303 g/mol. The van der Waals surface area contributed by atoms with Gasteiger partial charge in [0, 0.05) is 25.3 Å². The largest absolute Gasteiger partial charge is 0.405 e. The lowest BCUT2D eigenvalue weighted by Crippen LogP contribution is -2.51. The molecule has 0 aromatic carbocycles. The topological polar surface area (TPSA) is 70.7 Å². The van der Waals surface area contributed by atoms with Gasteiger partial charge in [-0.2, -0.15) is 13.2 Å². The van der Waals surface area contributed by atoms with E-state index in [9.17, 15) is 22.8 Å². The minimum atomic E-state index is -4.51. The SMILES string of the molecule is CC(C)N(CC(=O)NC(=O)NCC(F)(F)F)C1CCOCC1. The second-order valence-electron chi connectivity index (χ2n) is 5.46. The minimum absolute atomic E-state index is 0.0399. The lowest BCUT2D eigenvalue weighted by Gasteiger charge is -2.36. The maximum absolute atomic E-state index is 12.0. The molecule has 6 nitrogen and oxygen atoms in total. The summed E-state index contributed by atoms with van der Waals surface area (Å²) in [6.07, 6.45) is -2.94. The van der Waals surface area contributed by atoms with Crippen LogP contribution in [0.3, 0.4) is 0 Å². The lowest BCUT2D eigenvalue weighted by molar-refractivity contribution is -0.125. The Morgan fingerprint density at radius 3 is 2.36 bits per heavy atom. The van der Waals surface area contributed by atoms with Crippen molar-refractivity contribution in [1.29, 1.82) is 0 Å². The second kappa shape index (κ2) is 8.33. The van der Waals surface area contributed by atoms with Gasteiger partial charge in [-0.3, -0.25) is 15.0 Å². The molecule has 0 spiro atoms. The third kappa shape index (κ3) is 7.08. The summed E-state index contributed by atoms with van der Waals surface area (Å²) in [5, 5.41) is 3.52. The highest BCUT2D eigenvalue weighted by molar-refractivity contribution is 5.95. The van der Waals surface area contributed by atoms with Crippen molar-refractivity contribution in [1.82, 2.24) is 15.5 Å². The number of nitrogens with zero attached hydrogens (tertiary/aromatic N) is 1. The highest BCUT2D eigenvalue weighted by Gasteiger charge is 2.29. The van der Waals surface area contributed by atoms with E-state index in [0.717, 1.165) is 12.8 Å². The number of alkyl halides is 3. The van der Waals surface area contributed by atoms with Crippen molar-refractivity contribution in [2.75, 3.05) is 26.3 Å². The van der Waals surface area contributed by atoms with Gasteiger partial charge in [-0.1, -0.05) is 0 Å². The Morgan fingerprint density at radius 2 is 1.86 bits per heavy atom. The Balaban J connectivity index is 2.44. The summed E-state index contributed by atoms with van der Waals surface area (Å²) < 4.78 is 41.2. The van der Waals surface area contributed by atoms with Crippen LogP contribution in [0.25, 0.3) is 0 Å². The smallest absolute Gasteiger partial charge is 0.381 e. The molecule has 9 heteroatoms. The third-order valence-corrected chi connectivity index (χ3v) is 3.35. The van der Waals surface area contributed by atoms with E-state index < -0.39 is 24.7 Å². The van der Waals surface area contributed by atoms with Crippen molar-refractivity contribution >= 4 is 11.9 Å². The number of nitrogens with one attached hydrogen (secondary N) is 2. The van der Waals surface area contributed by atoms with E-state index in [2.05, 4.69) is 0 Å². The van der Waals surface area contributed by atoms with E-state index in [4.69, 9.17) is 4.74 Å². The number of carbonyl (C=O) groups excluding carboxylic acids is 2. The molecule has 2 N–H and O–H groups in total. The molecule has 1 heterocycles. The number of imide groups is 1. The van der Waals surface area contributed by atoms with E-state index in [1.54, 1.807) is 5.32 Å². The van der Waals surface area contributed by atoms with Gasteiger partial charge in [0.15, 0.2) is 0 Å². The van der Waals surface area contributed by atoms with Crippen molar-refractivity contribution in [2.24, 2.45) is 0 Å². The average molecular weight is 325 g/mol. The maximum Gasteiger partial charge on any atom is 0.405 e. The van der Waals surface area contributed by atoms with Crippen molar-refractivity contribution < 1.29 is 27.5 Å². The fourth-order valence-electron chi connectivity index (χ4n) is 2.31. The van der Waals surface area contributed by atoms with Gasteiger partial charge in [-0.15, -0.1) is 0 Å². The molecule has 0 aromatic rings. The van der Waals surface area contributed by atoms with Gasteiger partial charge in [0.1, 0.15) is 6.54 Å². The van der Waals surface area contributed by atoms with Crippen LogP contribution in [0, 0.1) is 0 Å². The van der Waals surface area contributed by atoms with Crippen LogP contribution < -0.4 is 10.6 Å². The summed E-state index contributed by atoms with van der Waals surface area (Å²) in [7, 11) is 0. The van der Waals surface area contributed by atoms with E-state index in [1.807, 2.05) is 24.1 Å². The van der Waals surface area contributed by atoms with Crippen LogP contribution in [-0.4, -0.2) is 61.4 Å². The first kappa shape index (κ1) is 18.7. The number of halogens is 3. The molecule has 1 aliphatic heterocycles. The number of urea groups is 1. The zero-order valence-electron chi connectivity index (χ0n) is 12.7. The van der Waals surface area contributed by atoms with E-state index in [0.29, 0.717) is 13.2 Å². The molecule has 0 atom stereocenters. The molecule has 1 saturated heterocycles. The molecule has 0 bridgehead atoms.